The van der Waals surface area contributed by atoms with Crippen molar-refractivity contribution in [1.29, 1.82) is 0 Å². The van der Waals surface area contributed by atoms with E-state index in [1.165, 1.54) is 18.2 Å². The van der Waals surface area contributed by atoms with Crippen molar-refractivity contribution in [3.63, 3.8) is 0 Å². The molecule has 0 heterocycles. The molecule has 0 saturated heterocycles. The molecule has 3 nitrogen and oxygen atoms in total. The summed E-state index contributed by atoms with van der Waals surface area (Å²) in [7, 11) is 0. The molecule has 100 valence electrons. The summed E-state index contributed by atoms with van der Waals surface area (Å²) in [6.07, 6.45) is -4.69. The number of hydrazine groups is 1. The van der Waals surface area contributed by atoms with Crippen LogP contribution in [0, 0.1) is 0 Å². The van der Waals surface area contributed by atoms with Crippen molar-refractivity contribution >= 4 is 11.4 Å². The van der Waals surface area contributed by atoms with E-state index in [1.54, 1.807) is 6.07 Å². The summed E-state index contributed by atoms with van der Waals surface area (Å²) in [6, 6.07) is 14.8. The average molecular weight is 268 g/mol. The lowest BCUT2D eigenvalue weighted by Gasteiger charge is -2.12. The lowest BCUT2D eigenvalue weighted by molar-refractivity contribution is -0.274. The first-order valence-electron chi connectivity index (χ1n) is 5.46. The summed E-state index contributed by atoms with van der Waals surface area (Å²) >= 11 is 0. The summed E-state index contributed by atoms with van der Waals surface area (Å²) in [5, 5.41) is 0. The van der Waals surface area contributed by atoms with E-state index in [9.17, 15) is 13.2 Å². The Labute approximate surface area is 108 Å². The van der Waals surface area contributed by atoms with E-state index in [0.29, 0.717) is 5.69 Å². The number of benzene rings is 2. The molecule has 0 aliphatic rings. The van der Waals surface area contributed by atoms with Gasteiger partial charge in [0, 0.05) is 6.07 Å². The fraction of sp³-hybridized carbons (Fsp3) is 0.0769. The van der Waals surface area contributed by atoms with Gasteiger partial charge in [0.05, 0.1) is 11.4 Å². The van der Waals surface area contributed by atoms with Gasteiger partial charge in [0.2, 0.25) is 0 Å². The highest BCUT2D eigenvalue weighted by atomic mass is 19.4. The zero-order valence-electron chi connectivity index (χ0n) is 9.74. The number of alkyl halides is 3. The zero-order valence-corrected chi connectivity index (χ0v) is 9.74. The van der Waals surface area contributed by atoms with Gasteiger partial charge >= 0.3 is 6.36 Å². The van der Waals surface area contributed by atoms with E-state index in [1.807, 2.05) is 30.3 Å². The largest absolute Gasteiger partial charge is 0.573 e. The van der Waals surface area contributed by atoms with E-state index in [-0.39, 0.29) is 5.75 Å². The van der Waals surface area contributed by atoms with Crippen LogP contribution in [0.3, 0.4) is 0 Å². The van der Waals surface area contributed by atoms with Gasteiger partial charge in [-0.2, -0.15) is 0 Å². The smallest absolute Gasteiger partial charge is 0.406 e. The SMILES string of the molecule is FC(F)(F)Oc1cccc(NNc2ccccc2)c1. The quantitative estimate of drug-likeness (QED) is 0.821. The molecule has 0 fully saturated rings. The molecule has 2 aromatic carbocycles. The molecule has 6 heteroatoms. The molecule has 0 amide bonds. The Morgan fingerprint density at radius 3 is 2.11 bits per heavy atom. The highest BCUT2D eigenvalue weighted by molar-refractivity contribution is 5.54. The van der Waals surface area contributed by atoms with Crippen LogP contribution < -0.4 is 15.6 Å². The minimum atomic E-state index is -4.69. The molecule has 0 atom stereocenters. The Balaban J connectivity index is 1.99. The van der Waals surface area contributed by atoms with E-state index < -0.39 is 6.36 Å². The maximum atomic E-state index is 12.1. The van der Waals surface area contributed by atoms with Gasteiger partial charge in [0.25, 0.3) is 0 Å². The van der Waals surface area contributed by atoms with Crippen molar-refractivity contribution in [3.05, 3.63) is 54.6 Å². The van der Waals surface area contributed by atoms with Gasteiger partial charge in [-0.25, -0.2) is 0 Å². The molecular weight excluding hydrogens is 257 g/mol. The monoisotopic (exact) mass is 268 g/mol. The normalized spacial score (nSPS) is 10.9. The third-order valence-electron chi connectivity index (χ3n) is 2.19. The molecule has 0 aliphatic carbocycles. The second kappa shape index (κ2) is 5.51. The Kier molecular flexibility index (Phi) is 3.79. The molecule has 2 aromatic rings. The van der Waals surface area contributed by atoms with Gasteiger partial charge in [-0.15, -0.1) is 13.2 Å². The van der Waals surface area contributed by atoms with Crippen molar-refractivity contribution in [3.8, 4) is 5.75 Å². The second-order valence-electron chi connectivity index (χ2n) is 3.69. The highest BCUT2D eigenvalue weighted by Gasteiger charge is 2.31. The third-order valence-corrected chi connectivity index (χ3v) is 2.19. The van der Waals surface area contributed by atoms with Crippen LogP contribution in [0.4, 0.5) is 24.5 Å². The number of rotatable bonds is 4. The Bertz CT molecular complexity index is 529. The Hall–Kier alpha value is -2.37. The summed E-state index contributed by atoms with van der Waals surface area (Å²) in [6.45, 7) is 0. The Morgan fingerprint density at radius 1 is 0.789 bits per heavy atom. The van der Waals surface area contributed by atoms with Gasteiger partial charge < -0.3 is 15.6 Å². The topological polar surface area (TPSA) is 33.3 Å². The van der Waals surface area contributed by atoms with Crippen LogP contribution in [0.25, 0.3) is 0 Å². The van der Waals surface area contributed by atoms with Gasteiger partial charge in [-0.3, -0.25) is 0 Å². The van der Waals surface area contributed by atoms with Crippen molar-refractivity contribution in [2.75, 3.05) is 10.9 Å². The van der Waals surface area contributed by atoms with Gasteiger partial charge in [0.15, 0.2) is 0 Å². The number of anilines is 2. The van der Waals surface area contributed by atoms with E-state index >= 15 is 0 Å². The molecular formula is C13H11F3N2O. The van der Waals surface area contributed by atoms with Gasteiger partial charge in [0.1, 0.15) is 5.75 Å². The average Bonchev–Trinajstić information content (AvgIpc) is 2.36. The van der Waals surface area contributed by atoms with Crippen LogP contribution in [0.2, 0.25) is 0 Å². The Morgan fingerprint density at radius 2 is 1.42 bits per heavy atom. The standard InChI is InChI=1S/C13H11F3N2O/c14-13(15,16)19-12-8-4-7-11(9-12)18-17-10-5-2-1-3-6-10/h1-9,17-18H. The summed E-state index contributed by atoms with van der Waals surface area (Å²) in [4.78, 5) is 0. The lowest BCUT2D eigenvalue weighted by Crippen LogP contribution is -2.17. The molecule has 2 N–H and O–H groups in total. The highest BCUT2D eigenvalue weighted by Crippen LogP contribution is 2.25. The molecule has 19 heavy (non-hydrogen) atoms. The molecule has 0 spiro atoms. The van der Waals surface area contributed by atoms with Crippen LogP contribution in [-0.2, 0) is 0 Å². The number of hydrogen-bond acceptors (Lipinski definition) is 3. The molecule has 0 radical (unpaired) electrons. The minimum Gasteiger partial charge on any atom is -0.406 e. The molecule has 0 bridgehead atoms. The first-order chi connectivity index (χ1) is 9.03. The number of nitrogens with one attached hydrogen (secondary N) is 2. The molecule has 2 rings (SSSR count). The van der Waals surface area contributed by atoms with Crippen molar-refractivity contribution in [2.45, 2.75) is 6.36 Å². The third kappa shape index (κ3) is 4.42. The fourth-order valence-electron chi connectivity index (χ4n) is 1.44. The van der Waals surface area contributed by atoms with Crippen LogP contribution in [0.5, 0.6) is 5.75 Å². The van der Waals surface area contributed by atoms with Crippen LogP contribution >= 0.6 is 0 Å². The summed E-state index contributed by atoms with van der Waals surface area (Å²) < 4.78 is 40.0. The molecule has 0 unspecified atom stereocenters. The van der Waals surface area contributed by atoms with E-state index in [2.05, 4.69) is 15.6 Å². The number of halogens is 3. The van der Waals surface area contributed by atoms with Crippen LogP contribution in [0.1, 0.15) is 0 Å². The number of para-hydroxylation sites is 1. The maximum Gasteiger partial charge on any atom is 0.573 e. The van der Waals surface area contributed by atoms with Gasteiger partial charge in [-0.1, -0.05) is 24.3 Å². The summed E-state index contributed by atoms with van der Waals surface area (Å²) in [5.74, 6) is -0.271. The number of hydrogen-bond donors (Lipinski definition) is 2. The predicted octanol–water partition coefficient (Wildman–Crippen LogP) is 4.02. The maximum absolute atomic E-state index is 12.1. The lowest BCUT2D eigenvalue weighted by atomic mass is 10.3. The van der Waals surface area contributed by atoms with Gasteiger partial charge in [-0.05, 0) is 24.3 Å². The predicted molar refractivity (Wildman–Crippen MR) is 66.8 cm³/mol. The van der Waals surface area contributed by atoms with E-state index in [0.717, 1.165) is 5.69 Å². The van der Waals surface area contributed by atoms with Crippen molar-refractivity contribution in [1.82, 2.24) is 0 Å². The van der Waals surface area contributed by atoms with Crippen LogP contribution in [-0.4, -0.2) is 6.36 Å². The molecule has 0 aromatic heterocycles. The minimum absolute atomic E-state index is 0.271. The first kappa shape index (κ1) is 13.1. The van der Waals surface area contributed by atoms with E-state index in [4.69, 9.17) is 0 Å². The number of ether oxygens (including phenoxy) is 1. The molecule has 0 aliphatic heterocycles. The van der Waals surface area contributed by atoms with Crippen molar-refractivity contribution < 1.29 is 17.9 Å². The fourth-order valence-corrected chi connectivity index (χ4v) is 1.44. The summed E-state index contributed by atoms with van der Waals surface area (Å²) in [5.41, 5.74) is 6.91. The van der Waals surface area contributed by atoms with Crippen molar-refractivity contribution in [2.24, 2.45) is 0 Å². The first-order valence-corrected chi connectivity index (χ1v) is 5.46. The second-order valence-corrected chi connectivity index (χ2v) is 3.69. The zero-order chi connectivity index (χ0) is 13.7. The van der Waals surface area contributed by atoms with Crippen LogP contribution in [0.15, 0.2) is 54.6 Å². The molecule has 0 saturated carbocycles.